The van der Waals surface area contributed by atoms with Gasteiger partial charge in [0.2, 0.25) is 0 Å². The normalized spacial score (nSPS) is 19.9. The van der Waals surface area contributed by atoms with E-state index in [0.717, 1.165) is 31.4 Å². The molecule has 2 rings (SSSR count). The van der Waals surface area contributed by atoms with Crippen molar-refractivity contribution < 1.29 is 19.4 Å². The Morgan fingerprint density at radius 3 is 2.89 bits per heavy atom. The predicted octanol–water partition coefficient (Wildman–Crippen LogP) is 1.52. The Labute approximate surface area is 105 Å². The fraction of sp³-hybridized carbons (Fsp3) is 0.462. The van der Waals surface area contributed by atoms with Crippen LogP contribution in [-0.2, 0) is 0 Å². The van der Waals surface area contributed by atoms with Gasteiger partial charge in [-0.3, -0.25) is 4.79 Å². The fourth-order valence-electron chi connectivity index (χ4n) is 2.30. The number of hydrogen-bond donors (Lipinski definition) is 2. The van der Waals surface area contributed by atoms with Crippen molar-refractivity contribution in [2.75, 3.05) is 13.2 Å². The van der Waals surface area contributed by atoms with Crippen LogP contribution in [0, 0.1) is 5.82 Å². The lowest BCUT2D eigenvalue weighted by Crippen LogP contribution is -2.45. The van der Waals surface area contributed by atoms with Crippen LogP contribution in [0.15, 0.2) is 18.2 Å². The maximum Gasteiger partial charge on any atom is 0.257 e. The van der Waals surface area contributed by atoms with Crippen molar-refractivity contribution in [2.24, 2.45) is 0 Å². The van der Waals surface area contributed by atoms with Crippen LogP contribution < -0.4 is 0 Å². The van der Waals surface area contributed by atoms with Gasteiger partial charge in [-0.15, -0.1) is 0 Å². The molecule has 1 aromatic carbocycles. The minimum absolute atomic E-state index is 0.0803. The molecule has 18 heavy (non-hydrogen) atoms. The molecule has 1 unspecified atom stereocenters. The first-order chi connectivity index (χ1) is 8.63. The summed E-state index contributed by atoms with van der Waals surface area (Å²) in [4.78, 5) is 13.8. The van der Waals surface area contributed by atoms with Crippen LogP contribution in [0.1, 0.15) is 29.6 Å². The highest BCUT2D eigenvalue weighted by molar-refractivity contribution is 5.97. The Balaban J connectivity index is 2.24. The van der Waals surface area contributed by atoms with Crippen molar-refractivity contribution >= 4 is 5.91 Å². The van der Waals surface area contributed by atoms with Gasteiger partial charge in [-0.05, 0) is 31.4 Å². The van der Waals surface area contributed by atoms with Gasteiger partial charge in [0.25, 0.3) is 5.91 Å². The fourth-order valence-corrected chi connectivity index (χ4v) is 2.30. The molecule has 1 aliphatic heterocycles. The molecular weight excluding hydrogens is 237 g/mol. The lowest BCUT2D eigenvalue weighted by Gasteiger charge is -2.34. The predicted molar refractivity (Wildman–Crippen MR) is 63.8 cm³/mol. The first-order valence-electron chi connectivity index (χ1n) is 6.04. The smallest absolute Gasteiger partial charge is 0.257 e. The van der Waals surface area contributed by atoms with E-state index in [2.05, 4.69) is 0 Å². The molecular formula is C13H16FNO3. The number of aliphatic hydroxyl groups is 1. The molecule has 98 valence electrons. The quantitative estimate of drug-likeness (QED) is 0.840. The maximum absolute atomic E-state index is 12.9. The molecule has 1 amide bonds. The third-order valence-electron chi connectivity index (χ3n) is 3.29. The van der Waals surface area contributed by atoms with Gasteiger partial charge in [-0.25, -0.2) is 4.39 Å². The van der Waals surface area contributed by atoms with Crippen LogP contribution >= 0.6 is 0 Å². The molecule has 4 nitrogen and oxygen atoms in total. The van der Waals surface area contributed by atoms with Crippen molar-refractivity contribution in [2.45, 2.75) is 25.3 Å². The number of halogens is 1. The topological polar surface area (TPSA) is 60.8 Å². The van der Waals surface area contributed by atoms with E-state index >= 15 is 0 Å². The highest BCUT2D eigenvalue weighted by atomic mass is 19.1. The number of nitrogens with zero attached hydrogens (tertiary/aromatic N) is 1. The molecule has 1 saturated heterocycles. The number of rotatable bonds is 2. The van der Waals surface area contributed by atoms with Crippen molar-refractivity contribution in [3.05, 3.63) is 29.6 Å². The summed E-state index contributed by atoms with van der Waals surface area (Å²) in [7, 11) is 0. The van der Waals surface area contributed by atoms with Gasteiger partial charge in [-0.2, -0.15) is 0 Å². The molecule has 0 saturated carbocycles. The Morgan fingerprint density at radius 1 is 1.44 bits per heavy atom. The van der Waals surface area contributed by atoms with E-state index in [4.69, 9.17) is 0 Å². The molecule has 0 aliphatic carbocycles. The second kappa shape index (κ2) is 5.35. The van der Waals surface area contributed by atoms with E-state index < -0.39 is 5.82 Å². The highest BCUT2D eigenvalue weighted by Crippen LogP contribution is 2.24. The zero-order chi connectivity index (χ0) is 13.1. The standard InChI is InChI=1S/C13H16FNO3/c14-9-4-5-11(12(17)7-9)13(18)15-6-2-1-3-10(15)8-16/h4-5,7,10,16-17H,1-3,6,8H2. The summed E-state index contributed by atoms with van der Waals surface area (Å²) in [5, 5.41) is 18.9. The summed E-state index contributed by atoms with van der Waals surface area (Å²) in [6.07, 6.45) is 2.61. The summed E-state index contributed by atoms with van der Waals surface area (Å²) < 4.78 is 12.9. The van der Waals surface area contributed by atoms with Crippen molar-refractivity contribution in [1.82, 2.24) is 4.90 Å². The molecule has 0 radical (unpaired) electrons. The van der Waals surface area contributed by atoms with Crippen molar-refractivity contribution in [3.8, 4) is 5.75 Å². The van der Waals surface area contributed by atoms with Crippen LogP contribution in [0.25, 0.3) is 0 Å². The summed E-state index contributed by atoms with van der Waals surface area (Å²) in [6.45, 7) is 0.467. The average Bonchev–Trinajstić information content (AvgIpc) is 2.38. The van der Waals surface area contributed by atoms with E-state index in [0.29, 0.717) is 6.54 Å². The molecule has 0 spiro atoms. The van der Waals surface area contributed by atoms with Gasteiger partial charge in [0.1, 0.15) is 11.6 Å². The zero-order valence-corrected chi connectivity index (χ0v) is 9.97. The summed E-state index contributed by atoms with van der Waals surface area (Å²) >= 11 is 0. The first-order valence-corrected chi connectivity index (χ1v) is 6.04. The van der Waals surface area contributed by atoms with E-state index in [1.165, 1.54) is 6.07 Å². The van der Waals surface area contributed by atoms with Gasteiger partial charge in [-0.1, -0.05) is 0 Å². The lowest BCUT2D eigenvalue weighted by molar-refractivity contribution is 0.0500. The van der Waals surface area contributed by atoms with Gasteiger partial charge >= 0.3 is 0 Å². The Morgan fingerprint density at radius 2 is 2.22 bits per heavy atom. The van der Waals surface area contributed by atoms with Crippen molar-refractivity contribution in [3.63, 3.8) is 0 Å². The third kappa shape index (κ3) is 2.46. The van der Waals surface area contributed by atoms with Crippen LogP contribution in [0.2, 0.25) is 0 Å². The molecule has 1 aliphatic rings. The number of carbonyl (C=O) groups excluding carboxylic acids is 1. The van der Waals surface area contributed by atoms with Crippen molar-refractivity contribution in [1.29, 1.82) is 0 Å². The Hall–Kier alpha value is -1.62. The first kappa shape index (κ1) is 12.8. The second-order valence-corrected chi connectivity index (χ2v) is 4.49. The molecule has 0 aromatic heterocycles. The monoisotopic (exact) mass is 253 g/mol. The Kier molecular flexibility index (Phi) is 3.81. The van der Waals surface area contributed by atoms with E-state index in [1.807, 2.05) is 0 Å². The number of benzene rings is 1. The van der Waals surface area contributed by atoms with Crippen LogP contribution in [-0.4, -0.2) is 40.2 Å². The van der Waals surface area contributed by atoms with E-state index in [9.17, 15) is 19.4 Å². The number of aliphatic hydroxyl groups excluding tert-OH is 1. The van der Waals surface area contributed by atoms with Crippen LogP contribution in [0.3, 0.4) is 0 Å². The second-order valence-electron chi connectivity index (χ2n) is 4.49. The van der Waals surface area contributed by atoms with Gasteiger partial charge in [0.15, 0.2) is 0 Å². The molecule has 0 bridgehead atoms. The number of aromatic hydroxyl groups is 1. The van der Waals surface area contributed by atoms with Crippen LogP contribution in [0.4, 0.5) is 4.39 Å². The zero-order valence-electron chi connectivity index (χ0n) is 9.97. The van der Waals surface area contributed by atoms with Gasteiger partial charge < -0.3 is 15.1 Å². The van der Waals surface area contributed by atoms with E-state index in [-0.39, 0.29) is 29.9 Å². The third-order valence-corrected chi connectivity index (χ3v) is 3.29. The molecule has 2 N–H and O–H groups in total. The maximum atomic E-state index is 12.9. The summed E-state index contributed by atoms with van der Waals surface area (Å²) in [5.41, 5.74) is 0.0803. The number of piperidine rings is 1. The number of amides is 1. The molecule has 5 heteroatoms. The number of carbonyl (C=O) groups is 1. The van der Waals surface area contributed by atoms with Crippen LogP contribution in [0.5, 0.6) is 5.75 Å². The number of likely N-dealkylation sites (tertiary alicyclic amines) is 1. The molecule has 1 fully saturated rings. The highest BCUT2D eigenvalue weighted by Gasteiger charge is 2.28. The summed E-state index contributed by atoms with van der Waals surface area (Å²) in [5.74, 6) is -1.30. The minimum atomic E-state index is -0.582. The molecule has 1 heterocycles. The van der Waals surface area contributed by atoms with Gasteiger partial charge in [0.05, 0.1) is 18.2 Å². The Bertz CT molecular complexity index is 450. The largest absolute Gasteiger partial charge is 0.507 e. The minimum Gasteiger partial charge on any atom is -0.507 e. The summed E-state index contributed by atoms with van der Waals surface area (Å²) in [6, 6.07) is 3.13. The molecule has 1 aromatic rings. The number of phenolic OH excluding ortho intramolecular Hbond substituents is 1. The number of phenols is 1. The average molecular weight is 253 g/mol. The van der Waals surface area contributed by atoms with Gasteiger partial charge in [0, 0.05) is 12.6 Å². The number of hydrogen-bond acceptors (Lipinski definition) is 3. The lowest BCUT2D eigenvalue weighted by atomic mass is 10.0. The molecule has 1 atom stereocenters. The van der Waals surface area contributed by atoms with E-state index in [1.54, 1.807) is 4.90 Å². The SMILES string of the molecule is O=C(c1ccc(F)cc1O)N1CCCCC1CO.